The number of hydrogen-bond donors (Lipinski definition) is 1. The molecule has 0 aliphatic heterocycles. The van der Waals surface area contributed by atoms with Gasteiger partial charge in [-0.3, -0.25) is 0 Å². The Morgan fingerprint density at radius 2 is 1.32 bits per heavy atom. The number of benzene rings is 3. The van der Waals surface area contributed by atoms with Crippen LogP contribution >= 0.6 is 0 Å². The maximum Gasteiger partial charge on any atom is 0.143 e. The van der Waals surface area contributed by atoms with E-state index in [9.17, 15) is 5.11 Å². The maximum atomic E-state index is 10.3. The van der Waals surface area contributed by atoms with Crippen molar-refractivity contribution in [2.75, 3.05) is 0 Å². The molecule has 0 atom stereocenters. The fourth-order valence-electron chi connectivity index (χ4n) is 2.47. The van der Waals surface area contributed by atoms with Crippen molar-refractivity contribution in [2.24, 2.45) is 0 Å². The van der Waals surface area contributed by atoms with Crippen molar-refractivity contribution in [1.29, 1.82) is 0 Å². The molecule has 0 saturated heterocycles. The highest BCUT2D eigenvalue weighted by Crippen LogP contribution is 2.28. The summed E-state index contributed by atoms with van der Waals surface area (Å²) >= 11 is 0. The lowest BCUT2D eigenvalue weighted by molar-refractivity contribution is 0.468. The molecule has 0 amide bonds. The maximum absolute atomic E-state index is 10.3. The van der Waals surface area contributed by atoms with E-state index in [4.69, 9.17) is 0 Å². The second-order valence-corrected chi connectivity index (χ2v) is 5.05. The molecule has 0 radical (unpaired) electrons. The van der Waals surface area contributed by atoms with Gasteiger partial charge in [0.15, 0.2) is 0 Å². The van der Waals surface area contributed by atoms with Gasteiger partial charge in [-0.25, -0.2) is 0 Å². The van der Waals surface area contributed by atoms with Crippen molar-refractivity contribution in [2.45, 2.75) is 0 Å². The third-order valence-electron chi connectivity index (χ3n) is 3.58. The predicted octanol–water partition coefficient (Wildman–Crippen LogP) is 3.79. The van der Waals surface area contributed by atoms with Crippen LogP contribution in [0.1, 0.15) is 0 Å². The first-order valence-corrected chi connectivity index (χ1v) is 7.02. The largest absolute Gasteiger partial charge is 0.506 e. The van der Waals surface area contributed by atoms with Gasteiger partial charge in [-0.05, 0) is 35.4 Å². The first kappa shape index (κ1) is 12.6. The molecule has 0 bridgehead atoms. The molecule has 0 aliphatic carbocycles. The Labute approximate surface area is 127 Å². The van der Waals surface area contributed by atoms with E-state index in [1.807, 2.05) is 66.7 Å². The minimum atomic E-state index is 0.154. The van der Waals surface area contributed by atoms with Crippen LogP contribution in [-0.4, -0.2) is 20.1 Å². The van der Waals surface area contributed by atoms with Crippen molar-refractivity contribution in [1.82, 2.24) is 15.0 Å². The molecule has 1 aromatic heterocycles. The van der Waals surface area contributed by atoms with Crippen LogP contribution in [0.25, 0.3) is 27.8 Å². The van der Waals surface area contributed by atoms with Crippen molar-refractivity contribution in [3.05, 3.63) is 72.8 Å². The van der Waals surface area contributed by atoms with Crippen LogP contribution in [0.5, 0.6) is 5.75 Å². The second kappa shape index (κ2) is 5.00. The SMILES string of the molecule is Oc1cc(-c2ccccc2)ccc1-n1nc2ccccc2n1. The third-order valence-corrected chi connectivity index (χ3v) is 3.58. The van der Waals surface area contributed by atoms with Crippen molar-refractivity contribution >= 4 is 11.0 Å². The van der Waals surface area contributed by atoms with Crippen LogP contribution in [0.3, 0.4) is 0 Å². The fraction of sp³-hybridized carbons (Fsp3) is 0. The van der Waals surface area contributed by atoms with Gasteiger partial charge in [0.25, 0.3) is 0 Å². The van der Waals surface area contributed by atoms with E-state index in [1.165, 1.54) is 4.80 Å². The first-order valence-electron chi connectivity index (χ1n) is 7.02. The molecule has 106 valence electrons. The van der Waals surface area contributed by atoms with Crippen LogP contribution in [0.4, 0.5) is 0 Å². The summed E-state index contributed by atoms with van der Waals surface area (Å²) < 4.78 is 0. The first-order chi connectivity index (χ1) is 10.8. The Kier molecular flexibility index (Phi) is 2.86. The molecule has 1 N–H and O–H groups in total. The molecule has 4 aromatic rings. The van der Waals surface area contributed by atoms with Gasteiger partial charge < -0.3 is 5.11 Å². The summed E-state index contributed by atoms with van der Waals surface area (Å²) in [6, 6.07) is 23.1. The van der Waals surface area contributed by atoms with Gasteiger partial charge in [-0.1, -0.05) is 48.5 Å². The number of fused-ring (bicyclic) bond motifs is 1. The standard InChI is InChI=1S/C18H13N3O/c22-18-12-14(13-6-2-1-3-7-13)10-11-17(18)21-19-15-8-4-5-9-16(15)20-21/h1-12,22H. The molecular weight excluding hydrogens is 274 g/mol. The van der Waals surface area contributed by atoms with Crippen LogP contribution in [0, 0.1) is 0 Å². The van der Waals surface area contributed by atoms with Gasteiger partial charge in [-0.15, -0.1) is 15.0 Å². The number of phenols is 1. The molecule has 0 fully saturated rings. The molecule has 4 heteroatoms. The Hall–Kier alpha value is -3.14. The summed E-state index contributed by atoms with van der Waals surface area (Å²) in [5.74, 6) is 0.154. The summed E-state index contributed by atoms with van der Waals surface area (Å²) in [7, 11) is 0. The quantitative estimate of drug-likeness (QED) is 0.610. The molecule has 0 aliphatic rings. The molecule has 1 heterocycles. The monoisotopic (exact) mass is 287 g/mol. The number of nitrogens with zero attached hydrogens (tertiary/aromatic N) is 3. The Morgan fingerprint density at radius 1 is 0.682 bits per heavy atom. The average molecular weight is 287 g/mol. The van der Waals surface area contributed by atoms with Crippen molar-refractivity contribution < 1.29 is 5.11 Å². The van der Waals surface area contributed by atoms with Gasteiger partial charge in [0.05, 0.1) is 0 Å². The van der Waals surface area contributed by atoms with Gasteiger partial charge >= 0.3 is 0 Å². The third kappa shape index (κ3) is 2.11. The highest BCUT2D eigenvalue weighted by atomic mass is 16.3. The van der Waals surface area contributed by atoms with Crippen molar-refractivity contribution in [3.63, 3.8) is 0 Å². The normalized spacial score (nSPS) is 10.9. The van der Waals surface area contributed by atoms with E-state index < -0.39 is 0 Å². The summed E-state index contributed by atoms with van der Waals surface area (Å²) in [4.78, 5) is 1.47. The summed E-state index contributed by atoms with van der Waals surface area (Å²) in [5, 5.41) is 19.1. The topological polar surface area (TPSA) is 50.9 Å². The zero-order valence-corrected chi connectivity index (χ0v) is 11.7. The molecule has 0 saturated carbocycles. The molecule has 0 spiro atoms. The fourth-order valence-corrected chi connectivity index (χ4v) is 2.47. The van der Waals surface area contributed by atoms with Gasteiger partial charge in [0.1, 0.15) is 22.5 Å². The van der Waals surface area contributed by atoms with E-state index >= 15 is 0 Å². The van der Waals surface area contributed by atoms with E-state index in [2.05, 4.69) is 10.2 Å². The van der Waals surface area contributed by atoms with Crippen LogP contribution in [0.2, 0.25) is 0 Å². The number of hydrogen-bond acceptors (Lipinski definition) is 3. The number of aromatic nitrogens is 3. The van der Waals surface area contributed by atoms with Gasteiger partial charge in [0.2, 0.25) is 0 Å². The molecule has 4 rings (SSSR count). The zero-order chi connectivity index (χ0) is 14.9. The minimum Gasteiger partial charge on any atom is -0.506 e. The Morgan fingerprint density at radius 3 is 1.95 bits per heavy atom. The van der Waals surface area contributed by atoms with Crippen LogP contribution in [0.15, 0.2) is 72.8 Å². The summed E-state index contributed by atoms with van der Waals surface area (Å²) in [6.07, 6.45) is 0. The number of rotatable bonds is 2. The smallest absolute Gasteiger partial charge is 0.143 e. The lowest BCUT2D eigenvalue weighted by Gasteiger charge is -2.06. The highest BCUT2D eigenvalue weighted by Gasteiger charge is 2.09. The summed E-state index contributed by atoms with van der Waals surface area (Å²) in [6.45, 7) is 0. The number of phenolic OH excluding ortho intramolecular Hbond substituents is 1. The Bertz CT molecular complexity index is 912. The van der Waals surface area contributed by atoms with Crippen molar-refractivity contribution in [3.8, 4) is 22.6 Å². The minimum absolute atomic E-state index is 0.154. The van der Waals surface area contributed by atoms with E-state index in [1.54, 1.807) is 6.07 Å². The van der Waals surface area contributed by atoms with Crippen LogP contribution < -0.4 is 0 Å². The lowest BCUT2D eigenvalue weighted by atomic mass is 10.1. The number of aromatic hydroxyl groups is 1. The molecule has 0 unspecified atom stereocenters. The highest BCUT2D eigenvalue weighted by molar-refractivity contribution is 5.74. The van der Waals surface area contributed by atoms with E-state index in [-0.39, 0.29) is 5.75 Å². The molecule has 22 heavy (non-hydrogen) atoms. The Balaban J connectivity index is 1.80. The van der Waals surface area contributed by atoms with Gasteiger partial charge in [0, 0.05) is 0 Å². The molecular formula is C18H13N3O. The molecule has 3 aromatic carbocycles. The second-order valence-electron chi connectivity index (χ2n) is 5.05. The van der Waals surface area contributed by atoms with E-state index in [0.29, 0.717) is 5.69 Å². The van der Waals surface area contributed by atoms with Crippen LogP contribution in [-0.2, 0) is 0 Å². The predicted molar refractivity (Wildman–Crippen MR) is 86.0 cm³/mol. The van der Waals surface area contributed by atoms with E-state index in [0.717, 1.165) is 22.2 Å². The lowest BCUT2D eigenvalue weighted by Crippen LogP contribution is -1.98. The zero-order valence-electron chi connectivity index (χ0n) is 11.7. The molecule has 4 nitrogen and oxygen atoms in total. The van der Waals surface area contributed by atoms with Gasteiger partial charge in [-0.2, -0.15) is 0 Å². The average Bonchev–Trinajstić information content (AvgIpc) is 2.99. The summed E-state index contributed by atoms with van der Waals surface area (Å²) in [5.41, 5.74) is 4.18.